The van der Waals surface area contributed by atoms with Crippen LogP contribution in [0.4, 0.5) is 0 Å². The number of aromatic amines is 1. The average molecular weight is 250 g/mol. The molecule has 1 aliphatic rings. The van der Waals surface area contributed by atoms with Crippen molar-refractivity contribution < 1.29 is 14.7 Å². The first-order valence-electron chi connectivity index (χ1n) is 5.74. The third-order valence-electron chi connectivity index (χ3n) is 3.09. The molecule has 2 rings (SSSR count). The molecule has 18 heavy (non-hydrogen) atoms. The summed E-state index contributed by atoms with van der Waals surface area (Å²) in [6.07, 6.45) is 2.43. The van der Waals surface area contributed by atoms with Gasteiger partial charge in [-0.05, 0) is 19.8 Å². The second-order valence-electron chi connectivity index (χ2n) is 4.39. The molecule has 0 radical (unpaired) electrons. The summed E-state index contributed by atoms with van der Waals surface area (Å²) in [7, 11) is 0. The van der Waals surface area contributed by atoms with Gasteiger partial charge < -0.3 is 15.0 Å². The summed E-state index contributed by atoms with van der Waals surface area (Å²) in [5, 5.41) is 9.01. The van der Waals surface area contributed by atoms with Gasteiger partial charge in [0.2, 0.25) is 0 Å². The van der Waals surface area contributed by atoms with Crippen molar-refractivity contribution in [3.8, 4) is 0 Å². The molecule has 1 aliphatic heterocycles. The summed E-state index contributed by atoms with van der Waals surface area (Å²) in [5.74, 6) is -1.54. The van der Waals surface area contributed by atoms with Crippen molar-refractivity contribution in [1.29, 1.82) is 0 Å². The number of nitrogens with one attached hydrogen (secondary N) is 1. The first kappa shape index (κ1) is 12.3. The minimum absolute atomic E-state index is 0.00579. The van der Waals surface area contributed by atoms with Crippen LogP contribution in [0.3, 0.4) is 0 Å². The Morgan fingerprint density at radius 2 is 2.22 bits per heavy atom. The number of carboxylic acids is 1. The van der Waals surface area contributed by atoms with E-state index < -0.39 is 17.9 Å². The molecule has 2 heterocycles. The van der Waals surface area contributed by atoms with Gasteiger partial charge in [-0.1, -0.05) is 0 Å². The molecular weight excluding hydrogens is 236 g/mol. The molecule has 96 valence electrons. The van der Waals surface area contributed by atoms with E-state index in [1.165, 1.54) is 17.2 Å². The van der Waals surface area contributed by atoms with Crippen LogP contribution in [0.2, 0.25) is 0 Å². The van der Waals surface area contributed by atoms with Crippen LogP contribution in [0.15, 0.2) is 17.1 Å². The highest BCUT2D eigenvalue weighted by Crippen LogP contribution is 2.19. The number of pyridine rings is 1. The van der Waals surface area contributed by atoms with Crippen LogP contribution in [0.25, 0.3) is 0 Å². The summed E-state index contributed by atoms with van der Waals surface area (Å²) in [4.78, 5) is 38.9. The third kappa shape index (κ3) is 2.13. The molecule has 1 amide bonds. The van der Waals surface area contributed by atoms with Gasteiger partial charge in [0.1, 0.15) is 11.6 Å². The molecule has 0 aliphatic carbocycles. The summed E-state index contributed by atoms with van der Waals surface area (Å²) >= 11 is 0. The standard InChI is InChI=1S/C12H14N2O4/c1-7-5-10(15)8(6-13-7)11(16)14-4-2-3-9(14)12(17)18/h5-6,9H,2-4H2,1H3,(H,13,15)(H,17,18)/t9-/m1/s1. The number of hydrogen-bond acceptors (Lipinski definition) is 3. The van der Waals surface area contributed by atoms with E-state index >= 15 is 0 Å². The molecule has 0 spiro atoms. The number of aromatic nitrogens is 1. The number of carbonyl (C=O) groups is 2. The summed E-state index contributed by atoms with van der Waals surface area (Å²) in [6, 6.07) is 0.511. The van der Waals surface area contributed by atoms with Crippen molar-refractivity contribution in [2.45, 2.75) is 25.8 Å². The Labute approximate surface area is 103 Å². The minimum atomic E-state index is -1.02. The molecule has 2 N–H and O–H groups in total. The van der Waals surface area contributed by atoms with E-state index in [0.29, 0.717) is 25.1 Å². The van der Waals surface area contributed by atoms with Crippen LogP contribution in [0.1, 0.15) is 28.9 Å². The lowest BCUT2D eigenvalue weighted by atomic mass is 10.2. The van der Waals surface area contributed by atoms with Crippen LogP contribution in [-0.2, 0) is 4.79 Å². The Bertz CT molecular complexity index is 549. The normalized spacial score (nSPS) is 18.9. The quantitative estimate of drug-likeness (QED) is 0.793. The van der Waals surface area contributed by atoms with E-state index in [1.54, 1.807) is 6.92 Å². The fraction of sp³-hybridized carbons (Fsp3) is 0.417. The summed E-state index contributed by atoms with van der Waals surface area (Å²) < 4.78 is 0. The first-order valence-corrected chi connectivity index (χ1v) is 5.74. The third-order valence-corrected chi connectivity index (χ3v) is 3.09. The van der Waals surface area contributed by atoms with Crippen molar-refractivity contribution in [2.75, 3.05) is 6.54 Å². The fourth-order valence-corrected chi connectivity index (χ4v) is 2.16. The van der Waals surface area contributed by atoms with Crippen LogP contribution in [0, 0.1) is 6.92 Å². The lowest BCUT2D eigenvalue weighted by Gasteiger charge is -2.20. The SMILES string of the molecule is Cc1cc(=O)c(C(=O)N2CCC[C@@H]2C(=O)O)c[nH]1. The van der Waals surface area contributed by atoms with Crippen LogP contribution in [0.5, 0.6) is 0 Å². The van der Waals surface area contributed by atoms with E-state index in [9.17, 15) is 14.4 Å². The second kappa shape index (κ2) is 4.64. The summed E-state index contributed by atoms with van der Waals surface area (Å²) in [6.45, 7) is 2.09. The predicted molar refractivity (Wildman–Crippen MR) is 63.5 cm³/mol. The van der Waals surface area contributed by atoms with Gasteiger partial charge in [-0.15, -0.1) is 0 Å². The van der Waals surface area contributed by atoms with Crippen molar-refractivity contribution in [3.05, 3.63) is 33.7 Å². The van der Waals surface area contributed by atoms with E-state index in [2.05, 4.69) is 4.98 Å². The highest BCUT2D eigenvalue weighted by molar-refractivity contribution is 5.96. The van der Waals surface area contributed by atoms with E-state index in [-0.39, 0.29) is 11.0 Å². The van der Waals surface area contributed by atoms with Gasteiger partial charge >= 0.3 is 5.97 Å². The Morgan fingerprint density at radius 3 is 2.83 bits per heavy atom. The smallest absolute Gasteiger partial charge is 0.326 e. The lowest BCUT2D eigenvalue weighted by Crippen LogP contribution is -2.42. The maximum Gasteiger partial charge on any atom is 0.326 e. The number of carboxylic acid groups (broad SMARTS) is 1. The number of nitrogens with zero attached hydrogens (tertiary/aromatic N) is 1. The number of aryl methyl sites for hydroxylation is 1. The second-order valence-corrected chi connectivity index (χ2v) is 4.39. The maximum atomic E-state index is 12.1. The lowest BCUT2D eigenvalue weighted by molar-refractivity contribution is -0.141. The summed E-state index contributed by atoms with van der Waals surface area (Å²) in [5.41, 5.74) is 0.272. The molecule has 6 nitrogen and oxygen atoms in total. The van der Waals surface area contributed by atoms with Crippen molar-refractivity contribution >= 4 is 11.9 Å². The van der Waals surface area contributed by atoms with Crippen molar-refractivity contribution in [1.82, 2.24) is 9.88 Å². The van der Waals surface area contributed by atoms with Gasteiger partial charge in [-0.2, -0.15) is 0 Å². The number of likely N-dealkylation sites (tertiary alicyclic amines) is 1. The topological polar surface area (TPSA) is 90.5 Å². The molecule has 1 saturated heterocycles. The predicted octanol–water partition coefficient (Wildman–Crippen LogP) is 0.373. The highest BCUT2D eigenvalue weighted by atomic mass is 16.4. The van der Waals surface area contributed by atoms with Gasteiger partial charge in [0.05, 0.1) is 0 Å². The number of hydrogen-bond donors (Lipinski definition) is 2. The van der Waals surface area contributed by atoms with Gasteiger partial charge in [0.25, 0.3) is 5.91 Å². The zero-order chi connectivity index (χ0) is 13.3. The largest absolute Gasteiger partial charge is 0.480 e. The van der Waals surface area contributed by atoms with Gasteiger partial charge in [-0.25, -0.2) is 4.79 Å². The van der Waals surface area contributed by atoms with Gasteiger partial charge in [0.15, 0.2) is 5.43 Å². The van der Waals surface area contributed by atoms with Crippen molar-refractivity contribution in [2.24, 2.45) is 0 Å². The Morgan fingerprint density at radius 1 is 1.50 bits per heavy atom. The Hall–Kier alpha value is -2.11. The number of H-pyrrole nitrogens is 1. The zero-order valence-corrected chi connectivity index (χ0v) is 9.97. The van der Waals surface area contributed by atoms with Crippen LogP contribution >= 0.6 is 0 Å². The maximum absolute atomic E-state index is 12.1. The minimum Gasteiger partial charge on any atom is -0.480 e. The highest BCUT2D eigenvalue weighted by Gasteiger charge is 2.35. The molecule has 1 fully saturated rings. The number of amides is 1. The Kier molecular flexibility index (Phi) is 3.18. The number of rotatable bonds is 2. The molecule has 0 unspecified atom stereocenters. The molecule has 0 bridgehead atoms. The fourth-order valence-electron chi connectivity index (χ4n) is 2.16. The van der Waals surface area contributed by atoms with Crippen molar-refractivity contribution in [3.63, 3.8) is 0 Å². The molecule has 1 atom stereocenters. The molecule has 1 aromatic rings. The van der Waals surface area contributed by atoms with E-state index in [4.69, 9.17) is 5.11 Å². The Balaban J connectivity index is 2.31. The molecule has 0 aromatic carbocycles. The average Bonchev–Trinajstić information content (AvgIpc) is 2.77. The van der Waals surface area contributed by atoms with Crippen LogP contribution in [-0.4, -0.2) is 39.5 Å². The van der Waals surface area contributed by atoms with Crippen LogP contribution < -0.4 is 5.43 Å². The van der Waals surface area contributed by atoms with Gasteiger partial charge in [-0.3, -0.25) is 9.59 Å². The van der Waals surface area contributed by atoms with E-state index in [1.807, 2.05) is 0 Å². The number of carbonyl (C=O) groups excluding carboxylic acids is 1. The first-order chi connectivity index (χ1) is 8.50. The molecular formula is C12H14N2O4. The number of aliphatic carboxylic acids is 1. The molecule has 0 saturated carbocycles. The zero-order valence-electron chi connectivity index (χ0n) is 9.97. The van der Waals surface area contributed by atoms with E-state index in [0.717, 1.165) is 0 Å². The molecule has 1 aromatic heterocycles. The molecule has 6 heteroatoms. The van der Waals surface area contributed by atoms with Gasteiger partial charge in [0, 0.05) is 24.5 Å². The monoisotopic (exact) mass is 250 g/mol.